The van der Waals surface area contributed by atoms with Gasteiger partial charge in [-0.25, -0.2) is 14.6 Å². The van der Waals surface area contributed by atoms with E-state index in [4.69, 9.17) is 5.73 Å². The van der Waals surface area contributed by atoms with Crippen LogP contribution in [0.2, 0.25) is 0 Å². The number of anilines is 1. The summed E-state index contributed by atoms with van der Waals surface area (Å²) in [6.45, 7) is 1.77. The van der Waals surface area contributed by atoms with Gasteiger partial charge in [-0.3, -0.25) is 0 Å². The van der Waals surface area contributed by atoms with Crippen molar-refractivity contribution >= 4 is 16.9 Å². The van der Waals surface area contributed by atoms with E-state index in [1.165, 1.54) is 0 Å². The molecule has 2 N–H and O–H groups in total. The molecule has 2 aromatic heterocycles. The van der Waals surface area contributed by atoms with Gasteiger partial charge < -0.3 is 10.6 Å². The van der Waals surface area contributed by atoms with E-state index in [0.717, 1.165) is 42.0 Å². The smallest absolute Gasteiger partial charge is 0.168 e. The van der Waals surface area contributed by atoms with Crippen LogP contribution in [0.4, 0.5) is 5.82 Å². The molecule has 4 rings (SSSR count). The van der Waals surface area contributed by atoms with Crippen LogP contribution in [-0.4, -0.2) is 38.9 Å². The average molecular weight is 280 g/mol. The van der Waals surface area contributed by atoms with Crippen LogP contribution in [-0.2, 0) is 0 Å². The summed E-state index contributed by atoms with van der Waals surface area (Å²) in [6.07, 6.45) is 4.43. The van der Waals surface area contributed by atoms with Gasteiger partial charge in [0.05, 0.1) is 17.3 Å². The Morgan fingerprint density at radius 2 is 2.00 bits per heavy atom. The molecule has 0 bridgehead atoms. The van der Waals surface area contributed by atoms with E-state index in [1.54, 1.807) is 6.33 Å². The maximum absolute atomic E-state index is 6.00. The van der Waals surface area contributed by atoms with Crippen molar-refractivity contribution in [2.24, 2.45) is 5.73 Å². The number of aromatic nitrogens is 4. The van der Waals surface area contributed by atoms with E-state index >= 15 is 0 Å². The number of nitrogens with two attached hydrogens (primary N) is 1. The van der Waals surface area contributed by atoms with E-state index in [9.17, 15) is 0 Å². The number of nitrogens with zero attached hydrogens (tertiary/aromatic N) is 5. The normalized spacial score (nSPS) is 18.5. The van der Waals surface area contributed by atoms with Gasteiger partial charge in [0, 0.05) is 19.1 Å². The molecule has 0 saturated carbocycles. The third-order valence-corrected chi connectivity index (χ3v) is 3.87. The van der Waals surface area contributed by atoms with Crippen LogP contribution in [0.15, 0.2) is 42.9 Å². The Balaban J connectivity index is 1.83. The zero-order chi connectivity index (χ0) is 14.2. The zero-order valence-electron chi connectivity index (χ0n) is 11.6. The Hall–Kier alpha value is -2.47. The maximum atomic E-state index is 6.00. The van der Waals surface area contributed by atoms with Gasteiger partial charge in [0.1, 0.15) is 12.1 Å². The highest BCUT2D eigenvalue weighted by molar-refractivity contribution is 5.87. The first-order valence-corrected chi connectivity index (χ1v) is 7.07. The molecule has 1 aromatic carbocycles. The molecular formula is C15H16N6. The third-order valence-electron chi connectivity index (χ3n) is 3.87. The van der Waals surface area contributed by atoms with E-state index in [1.807, 2.05) is 41.2 Å². The summed E-state index contributed by atoms with van der Waals surface area (Å²) in [4.78, 5) is 11.1. The number of benzene rings is 1. The highest BCUT2D eigenvalue weighted by Crippen LogP contribution is 2.26. The van der Waals surface area contributed by atoms with Crippen molar-refractivity contribution in [2.75, 3.05) is 18.0 Å². The predicted octanol–water partition coefficient (Wildman–Crippen LogP) is 1.35. The van der Waals surface area contributed by atoms with Crippen molar-refractivity contribution < 1.29 is 0 Å². The van der Waals surface area contributed by atoms with Crippen molar-refractivity contribution in [2.45, 2.75) is 12.5 Å². The van der Waals surface area contributed by atoms with Gasteiger partial charge in [-0.2, -0.15) is 5.10 Å². The van der Waals surface area contributed by atoms with Gasteiger partial charge >= 0.3 is 0 Å². The SMILES string of the molecule is NC1CCN(c2ncnc3c2cnn3-c2ccccc2)C1. The summed E-state index contributed by atoms with van der Waals surface area (Å²) in [5.41, 5.74) is 7.82. The highest BCUT2D eigenvalue weighted by atomic mass is 15.3. The van der Waals surface area contributed by atoms with Crippen LogP contribution < -0.4 is 10.6 Å². The van der Waals surface area contributed by atoms with Crippen molar-refractivity contribution in [1.29, 1.82) is 0 Å². The first kappa shape index (κ1) is 12.3. The molecule has 1 aliphatic rings. The maximum Gasteiger partial charge on any atom is 0.168 e. The summed E-state index contributed by atoms with van der Waals surface area (Å²) in [6, 6.07) is 10.2. The van der Waals surface area contributed by atoms with E-state index < -0.39 is 0 Å². The molecule has 1 atom stereocenters. The topological polar surface area (TPSA) is 72.9 Å². The second kappa shape index (κ2) is 4.82. The number of para-hydroxylation sites is 1. The Kier molecular flexibility index (Phi) is 2.82. The highest BCUT2D eigenvalue weighted by Gasteiger charge is 2.23. The summed E-state index contributed by atoms with van der Waals surface area (Å²) >= 11 is 0. The quantitative estimate of drug-likeness (QED) is 0.767. The van der Waals surface area contributed by atoms with E-state index in [2.05, 4.69) is 20.0 Å². The number of rotatable bonds is 2. The summed E-state index contributed by atoms with van der Waals surface area (Å²) < 4.78 is 1.84. The molecule has 1 unspecified atom stereocenters. The number of fused-ring (bicyclic) bond motifs is 1. The second-order valence-corrected chi connectivity index (χ2v) is 5.32. The standard InChI is InChI=1S/C15H16N6/c16-11-6-7-20(9-11)14-13-8-19-21(15(13)18-10-17-14)12-4-2-1-3-5-12/h1-5,8,10-11H,6-7,9,16H2. The Morgan fingerprint density at radius 1 is 1.14 bits per heavy atom. The van der Waals surface area contributed by atoms with E-state index in [-0.39, 0.29) is 6.04 Å². The van der Waals surface area contributed by atoms with Crippen LogP contribution in [0.1, 0.15) is 6.42 Å². The molecule has 3 aromatic rings. The van der Waals surface area contributed by atoms with Crippen molar-refractivity contribution in [3.8, 4) is 5.69 Å². The zero-order valence-corrected chi connectivity index (χ0v) is 11.6. The fourth-order valence-corrected chi connectivity index (χ4v) is 2.82. The summed E-state index contributed by atoms with van der Waals surface area (Å²) in [5, 5.41) is 5.44. The molecule has 3 heterocycles. The van der Waals surface area contributed by atoms with Crippen molar-refractivity contribution in [1.82, 2.24) is 19.7 Å². The summed E-state index contributed by atoms with van der Waals surface area (Å²) in [5.74, 6) is 0.926. The van der Waals surface area contributed by atoms with E-state index in [0.29, 0.717) is 0 Å². The van der Waals surface area contributed by atoms with Crippen molar-refractivity contribution in [3.05, 3.63) is 42.9 Å². The molecule has 1 fully saturated rings. The minimum absolute atomic E-state index is 0.221. The molecule has 0 amide bonds. The fourth-order valence-electron chi connectivity index (χ4n) is 2.82. The number of hydrogen-bond donors (Lipinski definition) is 1. The number of hydrogen-bond acceptors (Lipinski definition) is 5. The van der Waals surface area contributed by atoms with Crippen LogP contribution >= 0.6 is 0 Å². The fraction of sp³-hybridized carbons (Fsp3) is 0.267. The molecule has 0 aliphatic carbocycles. The average Bonchev–Trinajstić information content (AvgIpc) is 3.14. The minimum atomic E-state index is 0.221. The Labute approximate surface area is 122 Å². The van der Waals surface area contributed by atoms with Gasteiger partial charge in [-0.05, 0) is 18.6 Å². The predicted molar refractivity (Wildman–Crippen MR) is 81.5 cm³/mol. The molecule has 106 valence electrons. The first-order valence-electron chi connectivity index (χ1n) is 7.07. The molecule has 6 nitrogen and oxygen atoms in total. The second-order valence-electron chi connectivity index (χ2n) is 5.32. The molecule has 1 aliphatic heterocycles. The molecule has 0 radical (unpaired) electrons. The summed E-state index contributed by atoms with van der Waals surface area (Å²) in [7, 11) is 0. The molecule has 0 spiro atoms. The van der Waals surface area contributed by atoms with Gasteiger partial charge in [-0.15, -0.1) is 0 Å². The lowest BCUT2D eigenvalue weighted by molar-refractivity contribution is 0.751. The Bertz CT molecular complexity index is 766. The van der Waals surface area contributed by atoms with Crippen molar-refractivity contribution in [3.63, 3.8) is 0 Å². The van der Waals surface area contributed by atoms with Gasteiger partial charge in [0.2, 0.25) is 0 Å². The molecule has 1 saturated heterocycles. The third kappa shape index (κ3) is 2.04. The van der Waals surface area contributed by atoms with Gasteiger partial charge in [0.15, 0.2) is 5.65 Å². The molecule has 6 heteroatoms. The lowest BCUT2D eigenvalue weighted by atomic mass is 10.3. The lowest BCUT2D eigenvalue weighted by Crippen LogP contribution is -2.27. The molecular weight excluding hydrogens is 264 g/mol. The Morgan fingerprint density at radius 3 is 2.76 bits per heavy atom. The van der Waals surface area contributed by atoms with Gasteiger partial charge in [0.25, 0.3) is 0 Å². The first-order chi connectivity index (χ1) is 10.3. The van der Waals surface area contributed by atoms with Crippen LogP contribution in [0.25, 0.3) is 16.7 Å². The lowest BCUT2D eigenvalue weighted by Gasteiger charge is -2.17. The van der Waals surface area contributed by atoms with Gasteiger partial charge in [-0.1, -0.05) is 18.2 Å². The van der Waals surface area contributed by atoms with Crippen LogP contribution in [0.3, 0.4) is 0 Å². The monoisotopic (exact) mass is 280 g/mol. The van der Waals surface area contributed by atoms with Crippen LogP contribution in [0, 0.1) is 0 Å². The van der Waals surface area contributed by atoms with Crippen LogP contribution in [0.5, 0.6) is 0 Å². The molecule has 21 heavy (non-hydrogen) atoms. The largest absolute Gasteiger partial charge is 0.354 e. The minimum Gasteiger partial charge on any atom is -0.354 e.